The Morgan fingerprint density at radius 1 is 0.304 bits per heavy atom. The lowest BCUT2D eigenvalue weighted by molar-refractivity contribution is 0.803. The minimum atomic E-state index is -0.570. The first-order chi connectivity index (χ1) is 33.6. The van der Waals surface area contributed by atoms with Crippen molar-refractivity contribution in [3.05, 3.63) is 262 Å². The zero-order valence-electron chi connectivity index (χ0n) is 40.0. The van der Waals surface area contributed by atoms with Gasteiger partial charge in [0.15, 0.2) is 0 Å². The molecule has 11 aromatic carbocycles. The maximum Gasteiger partial charge on any atom is 0.0731 e. The van der Waals surface area contributed by atoms with Gasteiger partial charge >= 0.3 is 0 Å². The van der Waals surface area contributed by atoms with Crippen LogP contribution in [0.5, 0.6) is 0 Å². The van der Waals surface area contributed by atoms with E-state index in [0.717, 1.165) is 22.7 Å². The predicted molar refractivity (Wildman–Crippen MR) is 293 cm³/mol. The number of hydrogen-bond donors (Lipinski definition) is 0. The van der Waals surface area contributed by atoms with Crippen molar-refractivity contribution >= 4 is 66.4 Å². The largest absolute Gasteiger partial charge is 0.310 e. The van der Waals surface area contributed by atoms with Crippen molar-refractivity contribution in [2.45, 2.75) is 47.0 Å². The van der Waals surface area contributed by atoms with Crippen LogP contribution in [-0.4, -0.2) is 0 Å². The van der Waals surface area contributed by atoms with Gasteiger partial charge in [0.25, 0.3) is 0 Å². The number of rotatable bonds is 6. The Morgan fingerprint density at radius 2 is 0.855 bits per heavy atom. The van der Waals surface area contributed by atoms with E-state index in [0.29, 0.717) is 0 Å². The fourth-order valence-electron chi connectivity index (χ4n) is 11.9. The van der Waals surface area contributed by atoms with Crippen molar-refractivity contribution in [1.82, 2.24) is 0 Å². The number of fused-ring (bicyclic) bond motifs is 15. The molecular formula is C67H52N2. The van der Waals surface area contributed by atoms with Crippen LogP contribution in [0.2, 0.25) is 0 Å². The highest BCUT2D eigenvalue weighted by Gasteiger charge is 2.53. The summed E-state index contributed by atoms with van der Waals surface area (Å²) >= 11 is 0. The van der Waals surface area contributed by atoms with Crippen LogP contribution >= 0.6 is 0 Å². The summed E-state index contributed by atoms with van der Waals surface area (Å²) in [5.74, 6) is 0. The molecule has 0 amide bonds. The maximum absolute atomic E-state index is 2.55. The molecule has 0 heterocycles. The molecule has 0 aromatic heterocycles. The Morgan fingerprint density at radius 3 is 1.54 bits per heavy atom. The maximum atomic E-state index is 2.55. The minimum absolute atomic E-state index is 0.570. The molecule has 0 saturated carbocycles. The van der Waals surface area contributed by atoms with Gasteiger partial charge < -0.3 is 9.80 Å². The monoisotopic (exact) mass is 884 g/mol. The van der Waals surface area contributed by atoms with Crippen LogP contribution in [0.3, 0.4) is 0 Å². The fraction of sp³-hybridized carbons (Fsp3) is 0.104. The smallest absolute Gasteiger partial charge is 0.0731 e. The second-order valence-electron chi connectivity index (χ2n) is 19.7. The number of hydrogen-bond acceptors (Lipinski definition) is 2. The van der Waals surface area contributed by atoms with Crippen molar-refractivity contribution in [3.63, 3.8) is 0 Å². The molecule has 2 aliphatic carbocycles. The molecule has 1 spiro atoms. The molecule has 0 radical (unpaired) electrons. The molecule has 0 N–H and O–H groups in total. The predicted octanol–water partition coefficient (Wildman–Crippen LogP) is 18.3. The first-order valence-electron chi connectivity index (χ1n) is 24.3. The van der Waals surface area contributed by atoms with E-state index in [4.69, 9.17) is 0 Å². The highest BCUT2D eigenvalue weighted by Crippen LogP contribution is 2.65. The van der Waals surface area contributed by atoms with Gasteiger partial charge in [-0.2, -0.15) is 0 Å². The summed E-state index contributed by atoms with van der Waals surface area (Å²) in [6.45, 7) is 13.1. The Hall–Kier alpha value is -8.20. The van der Waals surface area contributed by atoms with Gasteiger partial charge in [0, 0.05) is 34.1 Å². The van der Waals surface area contributed by atoms with E-state index in [-0.39, 0.29) is 0 Å². The molecule has 2 nitrogen and oxygen atoms in total. The summed E-state index contributed by atoms with van der Waals surface area (Å²) in [7, 11) is 0. The highest BCUT2D eigenvalue weighted by molar-refractivity contribution is 6.11. The Kier molecular flexibility index (Phi) is 9.17. The van der Waals surface area contributed by atoms with Crippen LogP contribution < -0.4 is 9.80 Å². The fourth-order valence-corrected chi connectivity index (χ4v) is 11.9. The van der Waals surface area contributed by atoms with Crippen molar-refractivity contribution < 1.29 is 0 Å². The normalized spacial score (nSPS) is 14.3. The first kappa shape index (κ1) is 41.0. The van der Waals surface area contributed by atoms with Crippen LogP contribution in [0.15, 0.2) is 206 Å². The molecule has 1 atom stereocenters. The van der Waals surface area contributed by atoms with Crippen LogP contribution in [-0.2, 0) is 5.41 Å². The lowest BCUT2D eigenvalue weighted by Crippen LogP contribution is -2.26. The second kappa shape index (κ2) is 15.4. The second-order valence-corrected chi connectivity index (χ2v) is 19.7. The summed E-state index contributed by atoms with van der Waals surface area (Å²) in [5, 5.41) is 7.51. The van der Waals surface area contributed by atoms with Crippen LogP contribution in [0, 0.1) is 41.5 Å². The Labute approximate surface area is 405 Å². The third kappa shape index (κ3) is 6.18. The number of benzene rings is 11. The van der Waals surface area contributed by atoms with Crippen molar-refractivity contribution in [2.24, 2.45) is 0 Å². The van der Waals surface area contributed by atoms with Crippen LogP contribution in [0.4, 0.5) is 34.1 Å². The average molecular weight is 885 g/mol. The third-order valence-electron chi connectivity index (χ3n) is 15.3. The van der Waals surface area contributed by atoms with Gasteiger partial charge in [-0.3, -0.25) is 0 Å². The van der Waals surface area contributed by atoms with Gasteiger partial charge in [-0.15, -0.1) is 0 Å². The summed E-state index contributed by atoms with van der Waals surface area (Å²) in [5.41, 5.74) is 24.5. The summed E-state index contributed by atoms with van der Waals surface area (Å²) < 4.78 is 0. The van der Waals surface area contributed by atoms with E-state index in [1.165, 1.54) is 122 Å². The van der Waals surface area contributed by atoms with E-state index in [1.54, 1.807) is 0 Å². The van der Waals surface area contributed by atoms with Gasteiger partial charge in [0.05, 0.1) is 5.41 Å². The van der Waals surface area contributed by atoms with Gasteiger partial charge in [0.2, 0.25) is 0 Å². The molecular weight excluding hydrogens is 833 g/mol. The van der Waals surface area contributed by atoms with Gasteiger partial charge in [0.1, 0.15) is 0 Å². The molecule has 1 unspecified atom stereocenters. The first-order valence-corrected chi connectivity index (χ1v) is 24.3. The molecule has 2 aliphatic rings. The molecule has 2 heteroatoms. The lowest BCUT2D eigenvalue weighted by Gasteiger charge is -2.32. The zero-order chi connectivity index (χ0) is 46.7. The number of nitrogens with zero attached hydrogens (tertiary/aromatic N) is 2. The van der Waals surface area contributed by atoms with Gasteiger partial charge in [-0.1, -0.05) is 145 Å². The van der Waals surface area contributed by atoms with E-state index < -0.39 is 5.41 Å². The zero-order valence-corrected chi connectivity index (χ0v) is 40.0. The average Bonchev–Trinajstić information content (AvgIpc) is 3.83. The SMILES string of the molecule is Cc1ccc(N(c2ccc3cc4c(cc3c2)C2(c3ccccc3-c3c2ccc2ccccc32)c2c-4ccc3cc(N(c4ccc(C)cc4)c4cc(C)ccc4C)ccc23)c2cc(C)ccc2C)cc1. The van der Waals surface area contributed by atoms with E-state index in [1.807, 2.05) is 0 Å². The molecule has 13 rings (SSSR count). The minimum Gasteiger partial charge on any atom is -0.310 e. The highest BCUT2D eigenvalue weighted by atomic mass is 15.1. The van der Waals surface area contributed by atoms with Gasteiger partial charge in [-0.05, 0) is 213 Å². The quantitative estimate of drug-likeness (QED) is 0.164. The summed E-state index contributed by atoms with van der Waals surface area (Å²) in [6, 6.07) is 78.6. The van der Waals surface area contributed by atoms with E-state index in [2.05, 4.69) is 258 Å². The molecule has 0 fully saturated rings. The van der Waals surface area contributed by atoms with Crippen molar-refractivity contribution in [1.29, 1.82) is 0 Å². The van der Waals surface area contributed by atoms with Crippen molar-refractivity contribution in [2.75, 3.05) is 9.80 Å². The molecule has 11 aromatic rings. The lowest BCUT2D eigenvalue weighted by atomic mass is 9.69. The molecule has 0 saturated heterocycles. The topological polar surface area (TPSA) is 6.48 Å². The molecule has 330 valence electrons. The summed E-state index contributed by atoms with van der Waals surface area (Å²) in [6.07, 6.45) is 0. The standard InChI is InChI=1S/C67H52N2/c1-41-17-26-51(27-18-41)68(63-35-43(3)15-21-45(63)5)53-30-23-48-39-59-57-32-24-49-37-54(69(52-28-19-42(2)20-29-52)64-36-44(4)16-22-46(64)6)31-33-56(49)66(57)67(62(59)40-50(48)38-53)60-14-10-9-13-58(60)65-55-12-8-7-11-47(55)25-34-61(65)67/h7-40H,1-6H3. The van der Waals surface area contributed by atoms with Crippen LogP contribution in [0.25, 0.3) is 54.6 Å². The third-order valence-corrected chi connectivity index (χ3v) is 15.3. The summed E-state index contributed by atoms with van der Waals surface area (Å²) in [4.78, 5) is 4.88. The number of anilines is 6. The van der Waals surface area contributed by atoms with Gasteiger partial charge in [-0.25, -0.2) is 0 Å². The van der Waals surface area contributed by atoms with E-state index in [9.17, 15) is 0 Å². The van der Waals surface area contributed by atoms with Crippen molar-refractivity contribution in [3.8, 4) is 22.3 Å². The Balaban J connectivity index is 1.09. The molecule has 0 aliphatic heterocycles. The number of aryl methyl sites for hydroxylation is 6. The molecule has 0 bridgehead atoms. The molecule has 69 heavy (non-hydrogen) atoms. The van der Waals surface area contributed by atoms with E-state index >= 15 is 0 Å². The Bertz CT molecular complexity index is 3910. The van der Waals surface area contributed by atoms with Crippen LogP contribution in [0.1, 0.15) is 55.6 Å².